The fourth-order valence-electron chi connectivity index (χ4n) is 1.86. The Morgan fingerprint density at radius 1 is 1.39 bits per heavy atom. The van der Waals surface area contributed by atoms with Crippen LogP contribution in [0.5, 0.6) is 0 Å². The van der Waals surface area contributed by atoms with Crippen LogP contribution in [0.3, 0.4) is 0 Å². The van der Waals surface area contributed by atoms with Crippen LogP contribution in [-0.2, 0) is 0 Å². The summed E-state index contributed by atoms with van der Waals surface area (Å²) in [6.45, 7) is 5.14. The number of nitrogens with zero attached hydrogens (tertiary/aromatic N) is 1. The highest BCUT2D eigenvalue weighted by Gasteiger charge is 2.17. The first-order chi connectivity index (χ1) is 8.72. The zero-order valence-corrected chi connectivity index (χ0v) is 11.4. The summed E-state index contributed by atoms with van der Waals surface area (Å²) in [5, 5.41) is 5.55. The number of thiophene rings is 1. The van der Waals surface area contributed by atoms with Crippen LogP contribution in [-0.4, -0.2) is 11.5 Å². The van der Waals surface area contributed by atoms with Crippen LogP contribution in [0.25, 0.3) is 0 Å². The van der Waals surface area contributed by atoms with Crippen molar-refractivity contribution >= 4 is 11.3 Å². The first kappa shape index (κ1) is 13.2. The fraction of sp³-hybridized carbons (Fsp3) is 0.357. The van der Waals surface area contributed by atoms with Crippen molar-refractivity contribution in [1.82, 2.24) is 10.3 Å². The second kappa shape index (κ2) is 6.07. The first-order valence-corrected chi connectivity index (χ1v) is 6.99. The SMILES string of the molecule is CCCNC(c1ccc(F)cn1)c1sccc1C. The van der Waals surface area contributed by atoms with Crippen LogP contribution in [0, 0.1) is 12.7 Å². The van der Waals surface area contributed by atoms with Gasteiger partial charge in [-0.15, -0.1) is 11.3 Å². The predicted molar refractivity (Wildman–Crippen MR) is 73.4 cm³/mol. The second-order valence-electron chi connectivity index (χ2n) is 4.26. The molecule has 0 radical (unpaired) electrons. The molecular formula is C14H17FN2S. The largest absolute Gasteiger partial charge is 0.304 e. The molecule has 96 valence electrons. The minimum atomic E-state index is -0.295. The lowest BCUT2D eigenvalue weighted by Crippen LogP contribution is -2.23. The van der Waals surface area contributed by atoms with E-state index < -0.39 is 0 Å². The van der Waals surface area contributed by atoms with Gasteiger partial charge in [0.15, 0.2) is 0 Å². The maximum atomic E-state index is 12.9. The maximum Gasteiger partial charge on any atom is 0.141 e. The number of hydrogen-bond acceptors (Lipinski definition) is 3. The number of aryl methyl sites for hydroxylation is 1. The quantitative estimate of drug-likeness (QED) is 0.891. The molecule has 1 unspecified atom stereocenters. The molecular weight excluding hydrogens is 247 g/mol. The lowest BCUT2D eigenvalue weighted by molar-refractivity contribution is 0.580. The molecule has 2 aromatic rings. The van der Waals surface area contributed by atoms with E-state index in [9.17, 15) is 4.39 Å². The average molecular weight is 264 g/mol. The highest BCUT2D eigenvalue weighted by molar-refractivity contribution is 7.10. The summed E-state index contributed by atoms with van der Waals surface area (Å²) in [5.41, 5.74) is 2.12. The van der Waals surface area contributed by atoms with E-state index in [0.29, 0.717) is 0 Å². The smallest absolute Gasteiger partial charge is 0.141 e. The van der Waals surface area contributed by atoms with Crippen molar-refractivity contribution in [3.05, 3.63) is 51.7 Å². The molecule has 0 aliphatic carbocycles. The maximum absolute atomic E-state index is 12.9. The summed E-state index contributed by atoms with van der Waals surface area (Å²) in [5.74, 6) is -0.295. The monoisotopic (exact) mass is 264 g/mol. The Morgan fingerprint density at radius 3 is 2.78 bits per heavy atom. The van der Waals surface area contributed by atoms with Crippen LogP contribution in [0.4, 0.5) is 4.39 Å². The van der Waals surface area contributed by atoms with E-state index in [0.717, 1.165) is 18.7 Å². The predicted octanol–water partition coefficient (Wildman–Crippen LogP) is 3.68. The molecule has 2 rings (SSSR count). The molecule has 1 atom stereocenters. The Bertz CT molecular complexity index is 493. The summed E-state index contributed by atoms with van der Waals surface area (Å²) in [4.78, 5) is 5.45. The molecule has 0 saturated carbocycles. The van der Waals surface area contributed by atoms with Crippen LogP contribution < -0.4 is 5.32 Å². The minimum Gasteiger partial charge on any atom is -0.304 e. The zero-order chi connectivity index (χ0) is 13.0. The van der Waals surface area contributed by atoms with Gasteiger partial charge in [0.1, 0.15) is 5.82 Å². The molecule has 0 aliphatic heterocycles. The third kappa shape index (κ3) is 2.94. The van der Waals surface area contributed by atoms with E-state index in [1.807, 2.05) is 0 Å². The standard InChI is InChI=1S/C14H17FN2S/c1-3-7-16-13(14-10(2)6-8-18-14)12-5-4-11(15)9-17-12/h4-6,8-9,13,16H,3,7H2,1-2H3. The van der Waals surface area contributed by atoms with Crippen molar-refractivity contribution in [3.63, 3.8) is 0 Å². The summed E-state index contributed by atoms with van der Waals surface area (Å²) >= 11 is 1.71. The number of aromatic nitrogens is 1. The first-order valence-electron chi connectivity index (χ1n) is 6.11. The second-order valence-corrected chi connectivity index (χ2v) is 5.20. The number of nitrogens with one attached hydrogen (secondary N) is 1. The van der Waals surface area contributed by atoms with Gasteiger partial charge in [-0.3, -0.25) is 4.98 Å². The third-order valence-corrected chi connectivity index (χ3v) is 3.89. The molecule has 0 aromatic carbocycles. The topological polar surface area (TPSA) is 24.9 Å². The number of halogens is 1. The van der Waals surface area contributed by atoms with E-state index in [4.69, 9.17) is 0 Å². The van der Waals surface area contributed by atoms with E-state index >= 15 is 0 Å². The molecule has 0 amide bonds. The number of rotatable bonds is 5. The van der Waals surface area contributed by atoms with E-state index in [1.54, 1.807) is 17.4 Å². The Kier molecular flexibility index (Phi) is 4.44. The van der Waals surface area contributed by atoms with E-state index in [-0.39, 0.29) is 11.9 Å². The van der Waals surface area contributed by atoms with Gasteiger partial charge < -0.3 is 5.32 Å². The molecule has 0 saturated heterocycles. The third-order valence-electron chi connectivity index (χ3n) is 2.81. The summed E-state index contributed by atoms with van der Waals surface area (Å²) in [7, 11) is 0. The van der Waals surface area contributed by atoms with Crippen LogP contribution in [0.1, 0.15) is 35.5 Å². The van der Waals surface area contributed by atoms with Crippen molar-refractivity contribution < 1.29 is 4.39 Å². The van der Waals surface area contributed by atoms with Gasteiger partial charge in [0.05, 0.1) is 17.9 Å². The molecule has 0 fully saturated rings. The van der Waals surface area contributed by atoms with Crippen molar-refractivity contribution in [3.8, 4) is 0 Å². The van der Waals surface area contributed by atoms with Crippen LogP contribution in [0.15, 0.2) is 29.8 Å². The van der Waals surface area contributed by atoms with Gasteiger partial charge >= 0.3 is 0 Å². The van der Waals surface area contributed by atoms with Crippen molar-refractivity contribution in [2.75, 3.05) is 6.54 Å². The molecule has 4 heteroatoms. The molecule has 1 N–H and O–H groups in total. The van der Waals surface area contributed by atoms with Gasteiger partial charge in [0, 0.05) is 4.88 Å². The van der Waals surface area contributed by atoms with Crippen molar-refractivity contribution in [2.24, 2.45) is 0 Å². The van der Waals surface area contributed by atoms with E-state index in [2.05, 4.69) is 35.6 Å². The number of pyridine rings is 1. The van der Waals surface area contributed by atoms with Crippen molar-refractivity contribution in [1.29, 1.82) is 0 Å². The lowest BCUT2D eigenvalue weighted by atomic mass is 10.1. The molecule has 0 spiro atoms. The molecule has 0 bridgehead atoms. The molecule has 2 heterocycles. The van der Waals surface area contributed by atoms with Crippen molar-refractivity contribution in [2.45, 2.75) is 26.3 Å². The summed E-state index contributed by atoms with van der Waals surface area (Å²) < 4.78 is 12.9. The lowest BCUT2D eigenvalue weighted by Gasteiger charge is -2.17. The molecule has 2 aromatic heterocycles. The summed E-state index contributed by atoms with van der Waals surface area (Å²) in [6.07, 6.45) is 2.33. The Labute approximate surface area is 111 Å². The minimum absolute atomic E-state index is 0.0607. The fourth-order valence-corrected chi connectivity index (χ4v) is 2.87. The Hall–Kier alpha value is -1.26. The highest BCUT2D eigenvalue weighted by atomic mass is 32.1. The molecule has 2 nitrogen and oxygen atoms in total. The van der Waals surface area contributed by atoms with E-state index in [1.165, 1.54) is 22.7 Å². The molecule has 18 heavy (non-hydrogen) atoms. The average Bonchev–Trinajstić information content (AvgIpc) is 2.78. The van der Waals surface area contributed by atoms with Crippen LogP contribution in [0.2, 0.25) is 0 Å². The summed E-state index contributed by atoms with van der Waals surface area (Å²) in [6, 6.07) is 5.38. The Balaban J connectivity index is 2.30. The zero-order valence-electron chi connectivity index (χ0n) is 10.6. The van der Waals surface area contributed by atoms with Gasteiger partial charge in [-0.2, -0.15) is 0 Å². The molecule has 0 aliphatic rings. The Morgan fingerprint density at radius 2 is 2.22 bits per heavy atom. The van der Waals surface area contributed by atoms with Gasteiger partial charge in [-0.1, -0.05) is 6.92 Å². The highest BCUT2D eigenvalue weighted by Crippen LogP contribution is 2.28. The van der Waals surface area contributed by atoms with Gasteiger partial charge in [-0.05, 0) is 49.0 Å². The van der Waals surface area contributed by atoms with Gasteiger partial charge in [-0.25, -0.2) is 4.39 Å². The van der Waals surface area contributed by atoms with Gasteiger partial charge in [0.25, 0.3) is 0 Å². The normalized spacial score (nSPS) is 12.6. The number of hydrogen-bond donors (Lipinski definition) is 1. The van der Waals surface area contributed by atoms with Crippen LogP contribution >= 0.6 is 11.3 Å². The van der Waals surface area contributed by atoms with Gasteiger partial charge in [0.2, 0.25) is 0 Å².